The molecule has 28 heavy (non-hydrogen) atoms. The number of allylic oxidation sites excluding steroid dienone is 8. The second-order valence-corrected chi connectivity index (χ2v) is 6.10. The summed E-state index contributed by atoms with van der Waals surface area (Å²) in [5, 5.41) is 29.4. The van der Waals surface area contributed by atoms with Crippen LogP contribution in [-0.4, -0.2) is 46.7 Å². The molecular weight excluding hydrogens is 356 g/mol. The molecule has 0 aromatic carbocycles. The molecule has 0 aliphatic rings. The Kier molecular flexibility index (Phi) is 16.7. The Balaban J connectivity index is 4.06. The zero-order valence-electron chi connectivity index (χ0n) is 16.9. The van der Waals surface area contributed by atoms with E-state index in [1.54, 1.807) is 42.5 Å². The highest BCUT2D eigenvalue weighted by Crippen LogP contribution is 2.04. The quantitative estimate of drug-likeness (QED) is 0.240. The van der Waals surface area contributed by atoms with Gasteiger partial charge in [-0.05, 0) is 25.7 Å². The van der Waals surface area contributed by atoms with E-state index in [1.807, 2.05) is 24.3 Å². The minimum absolute atomic E-state index is 0.273. The largest absolute Gasteiger partial charge is 0.469 e. The second kappa shape index (κ2) is 18.2. The maximum atomic E-state index is 10.9. The lowest BCUT2D eigenvalue weighted by atomic mass is 10.1. The minimum Gasteiger partial charge on any atom is -0.469 e. The summed E-state index contributed by atoms with van der Waals surface area (Å²) >= 11 is 0. The molecule has 0 aromatic rings. The first-order valence-electron chi connectivity index (χ1n) is 9.60. The Hall–Kier alpha value is -2.21. The van der Waals surface area contributed by atoms with Crippen LogP contribution in [0.15, 0.2) is 72.9 Å². The lowest BCUT2D eigenvalue weighted by Crippen LogP contribution is -2.22. The van der Waals surface area contributed by atoms with Crippen LogP contribution in [0.25, 0.3) is 0 Å². The molecule has 0 aliphatic heterocycles. The van der Waals surface area contributed by atoms with Gasteiger partial charge in [0, 0.05) is 6.42 Å². The van der Waals surface area contributed by atoms with Crippen molar-refractivity contribution in [2.45, 2.75) is 57.3 Å². The predicted molar refractivity (Wildman–Crippen MR) is 114 cm³/mol. The molecule has 0 saturated heterocycles. The standard InChI is InChI=1S/C23H34O5/c1-3-4-10-15-20(24)16-11-7-5-6-8-12-17-21(25)22(26)18-13-9-14-19-23(27)28-2/h4-13,16-17,20-22,24-26H,3,14-15,18-19H2,1-2H3. The third-order valence-corrected chi connectivity index (χ3v) is 3.66. The fraction of sp³-hybridized carbons (Fsp3) is 0.435. The van der Waals surface area contributed by atoms with Crippen molar-refractivity contribution in [3.05, 3.63) is 72.9 Å². The smallest absolute Gasteiger partial charge is 0.305 e. The number of esters is 1. The van der Waals surface area contributed by atoms with E-state index in [-0.39, 0.29) is 5.97 Å². The molecule has 0 aromatic heterocycles. The Morgan fingerprint density at radius 3 is 2.11 bits per heavy atom. The number of rotatable bonds is 14. The van der Waals surface area contributed by atoms with Crippen molar-refractivity contribution in [2.24, 2.45) is 0 Å². The van der Waals surface area contributed by atoms with Crippen molar-refractivity contribution < 1.29 is 24.9 Å². The molecule has 0 fully saturated rings. The minimum atomic E-state index is -0.967. The van der Waals surface area contributed by atoms with Gasteiger partial charge in [0.2, 0.25) is 0 Å². The van der Waals surface area contributed by atoms with Crippen molar-refractivity contribution in [3.8, 4) is 0 Å². The Bertz CT molecular complexity index is 570. The van der Waals surface area contributed by atoms with E-state index in [9.17, 15) is 20.1 Å². The predicted octanol–water partition coefficient (Wildman–Crippen LogP) is 3.55. The van der Waals surface area contributed by atoms with Gasteiger partial charge in [0.15, 0.2) is 0 Å². The molecule has 3 unspecified atom stereocenters. The van der Waals surface area contributed by atoms with Crippen LogP contribution in [0.2, 0.25) is 0 Å². The van der Waals surface area contributed by atoms with Crippen LogP contribution in [0.3, 0.4) is 0 Å². The van der Waals surface area contributed by atoms with Gasteiger partial charge in [-0.15, -0.1) is 0 Å². The van der Waals surface area contributed by atoms with Crippen LogP contribution in [0, 0.1) is 0 Å². The summed E-state index contributed by atoms with van der Waals surface area (Å²) in [7, 11) is 1.34. The third kappa shape index (κ3) is 16.0. The van der Waals surface area contributed by atoms with Crippen LogP contribution in [-0.2, 0) is 9.53 Å². The first-order chi connectivity index (χ1) is 13.5. The fourth-order valence-corrected chi connectivity index (χ4v) is 2.03. The van der Waals surface area contributed by atoms with Crippen LogP contribution in [0.1, 0.15) is 39.0 Å². The summed E-state index contributed by atoms with van der Waals surface area (Å²) in [5.41, 5.74) is 0. The van der Waals surface area contributed by atoms with Crippen LogP contribution in [0.5, 0.6) is 0 Å². The molecule has 5 heteroatoms. The maximum absolute atomic E-state index is 10.9. The average Bonchev–Trinajstić information content (AvgIpc) is 2.69. The molecule has 0 aliphatic carbocycles. The summed E-state index contributed by atoms with van der Waals surface area (Å²) < 4.78 is 4.53. The highest BCUT2D eigenvalue weighted by molar-refractivity contribution is 5.69. The number of ether oxygens (including phenoxy) is 1. The Labute approximate surface area is 168 Å². The number of hydrogen-bond acceptors (Lipinski definition) is 5. The Morgan fingerprint density at radius 2 is 1.46 bits per heavy atom. The molecule has 3 N–H and O–H groups in total. The van der Waals surface area contributed by atoms with Gasteiger partial charge in [0.25, 0.3) is 0 Å². The SMILES string of the molecule is CCC=CCC(O)C=CC=CC=CC=CC(O)C(O)CC=CCCC(=O)OC. The highest BCUT2D eigenvalue weighted by atomic mass is 16.5. The number of methoxy groups -OCH3 is 1. The molecule has 156 valence electrons. The number of carbonyl (C=O) groups excluding carboxylic acids is 1. The van der Waals surface area contributed by atoms with Crippen molar-refractivity contribution in [3.63, 3.8) is 0 Å². The molecule has 0 rings (SSSR count). The number of carbonyl (C=O) groups is 1. The van der Waals surface area contributed by atoms with E-state index >= 15 is 0 Å². The molecule has 3 atom stereocenters. The Morgan fingerprint density at radius 1 is 0.857 bits per heavy atom. The average molecular weight is 391 g/mol. The van der Waals surface area contributed by atoms with E-state index in [4.69, 9.17) is 0 Å². The topological polar surface area (TPSA) is 87.0 Å². The van der Waals surface area contributed by atoms with Gasteiger partial charge in [-0.3, -0.25) is 4.79 Å². The van der Waals surface area contributed by atoms with Crippen molar-refractivity contribution in [1.29, 1.82) is 0 Å². The summed E-state index contributed by atoms with van der Waals surface area (Å²) in [6.07, 6.45) is 21.7. The molecule has 0 spiro atoms. The zero-order valence-corrected chi connectivity index (χ0v) is 16.9. The van der Waals surface area contributed by atoms with Crippen LogP contribution < -0.4 is 0 Å². The van der Waals surface area contributed by atoms with Gasteiger partial charge in [0.05, 0.1) is 25.4 Å². The summed E-state index contributed by atoms with van der Waals surface area (Å²) in [6.45, 7) is 2.05. The zero-order chi connectivity index (χ0) is 21.0. The van der Waals surface area contributed by atoms with E-state index in [1.165, 1.54) is 13.2 Å². The second-order valence-electron chi connectivity index (χ2n) is 6.10. The molecule has 0 heterocycles. The van der Waals surface area contributed by atoms with E-state index < -0.39 is 18.3 Å². The van der Waals surface area contributed by atoms with Gasteiger partial charge in [-0.1, -0.05) is 79.8 Å². The van der Waals surface area contributed by atoms with Gasteiger partial charge in [-0.25, -0.2) is 0 Å². The van der Waals surface area contributed by atoms with Crippen molar-refractivity contribution in [1.82, 2.24) is 0 Å². The summed E-state index contributed by atoms with van der Waals surface area (Å²) in [6, 6.07) is 0. The first kappa shape index (κ1) is 25.8. The van der Waals surface area contributed by atoms with Gasteiger partial charge < -0.3 is 20.1 Å². The van der Waals surface area contributed by atoms with Gasteiger partial charge >= 0.3 is 5.97 Å². The lowest BCUT2D eigenvalue weighted by molar-refractivity contribution is -0.140. The summed E-state index contributed by atoms with van der Waals surface area (Å²) in [5.74, 6) is -0.273. The van der Waals surface area contributed by atoms with Gasteiger partial charge in [-0.2, -0.15) is 0 Å². The van der Waals surface area contributed by atoms with E-state index in [2.05, 4.69) is 11.7 Å². The number of aliphatic hydroxyl groups excluding tert-OH is 3. The van der Waals surface area contributed by atoms with Crippen molar-refractivity contribution >= 4 is 5.97 Å². The monoisotopic (exact) mass is 390 g/mol. The van der Waals surface area contributed by atoms with E-state index in [0.29, 0.717) is 25.7 Å². The van der Waals surface area contributed by atoms with Gasteiger partial charge in [0.1, 0.15) is 0 Å². The normalized spacial score (nSPS) is 16.3. The number of hydrogen-bond donors (Lipinski definition) is 3. The molecule has 0 bridgehead atoms. The number of aliphatic hydroxyl groups is 3. The molecule has 0 saturated carbocycles. The first-order valence-corrected chi connectivity index (χ1v) is 9.60. The molecule has 5 nitrogen and oxygen atoms in total. The van der Waals surface area contributed by atoms with Crippen LogP contribution in [0.4, 0.5) is 0 Å². The van der Waals surface area contributed by atoms with Crippen molar-refractivity contribution in [2.75, 3.05) is 7.11 Å². The summed E-state index contributed by atoms with van der Waals surface area (Å²) in [4.78, 5) is 10.9. The molecule has 0 radical (unpaired) electrons. The van der Waals surface area contributed by atoms with E-state index in [0.717, 1.165) is 6.42 Å². The third-order valence-electron chi connectivity index (χ3n) is 3.66. The van der Waals surface area contributed by atoms with Crippen LogP contribution >= 0.6 is 0 Å². The lowest BCUT2D eigenvalue weighted by Gasteiger charge is -2.11. The fourth-order valence-electron chi connectivity index (χ4n) is 2.03. The molecule has 0 amide bonds. The maximum Gasteiger partial charge on any atom is 0.305 e. The highest BCUT2D eigenvalue weighted by Gasteiger charge is 2.10. The molecular formula is C23H34O5.